The Balaban J connectivity index is 3.16. The lowest BCUT2D eigenvalue weighted by atomic mass is 10.1. The number of carboxylic acid groups (broad SMARTS) is 1. The van der Waals surface area contributed by atoms with E-state index in [1.165, 1.54) is 77.0 Å². The molecule has 3 nitrogen and oxygen atoms in total. The molecule has 0 saturated heterocycles. The molecule has 0 aliphatic carbocycles. The number of hydrogen-bond donors (Lipinski definition) is 1. The van der Waals surface area contributed by atoms with Gasteiger partial charge in [-0.2, -0.15) is 0 Å². The van der Waals surface area contributed by atoms with E-state index in [2.05, 4.69) is 23.8 Å². The van der Waals surface area contributed by atoms with E-state index >= 15 is 0 Å². The third-order valence-electron chi connectivity index (χ3n) is 4.17. The third-order valence-corrected chi connectivity index (χ3v) is 4.48. The van der Waals surface area contributed by atoms with Gasteiger partial charge in [-0.25, -0.2) is 4.79 Å². The van der Waals surface area contributed by atoms with Gasteiger partial charge in [0.1, 0.15) is 0 Å². The zero-order valence-electron chi connectivity index (χ0n) is 15.5. The lowest BCUT2D eigenvalue weighted by molar-refractivity contribution is 0.0766. The molecule has 142 valence electrons. The first-order valence-corrected chi connectivity index (χ1v) is 10.3. The fraction of sp³-hybridized carbons (Fsp3) is 0.850. The van der Waals surface area contributed by atoms with Crippen LogP contribution in [0.3, 0.4) is 0 Å². The number of alkyl halides is 1. The Kier molecular flexibility index (Phi) is 18.1. The van der Waals surface area contributed by atoms with Gasteiger partial charge in [-0.3, -0.25) is 0 Å². The summed E-state index contributed by atoms with van der Waals surface area (Å²) in [4.78, 5) is 10.3. The maximum atomic E-state index is 10.3. The van der Waals surface area contributed by atoms with Crippen molar-refractivity contribution in [2.75, 3.05) is 0 Å². The summed E-state index contributed by atoms with van der Waals surface area (Å²) in [5.74, 6) is 0. The van der Waals surface area contributed by atoms with Crippen LogP contribution in [0.25, 0.3) is 0 Å². The topological polar surface area (TPSA) is 46.5 Å². The van der Waals surface area contributed by atoms with E-state index in [-0.39, 0.29) is 0 Å². The molecule has 1 N–H and O–H groups in total. The number of halogens is 1. The van der Waals surface area contributed by atoms with Gasteiger partial charge in [0.15, 0.2) is 5.56 Å². The van der Waals surface area contributed by atoms with Crippen LogP contribution in [-0.2, 0) is 4.74 Å². The molecule has 0 fully saturated rings. The van der Waals surface area contributed by atoms with Crippen LogP contribution in [0.4, 0.5) is 4.79 Å². The van der Waals surface area contributed by atoms with Crippen LogP contribution in [0.15, 0.2) is 12.2 Å². The van der Waals surface area contributed by atoms with Crippen molar-refractivity contribution in [3.05, 3.63) is 12.2 Å². The molecule has 0 rings (SSSR count). The minimum Gasteiger partial charge on any atom is -0.450 e. The first-order chi connectivity index (χ1) is 11.7. The second-order valence-corrected chi connectivity index (χ2v) is 7.01. The maximum absolute atomic E-state index is 10.3. The summed E-state index contributed by atoms with van der Waals surface area (Å²) in [6.45, 7) is 2.26. The second-order valence-electron chi connectivity index (χ2n) is 6.52. The van der Waals surface area contributed by atoms with Crippen LogP contribution in [0.5, 0.6) is 0 Å². The van der Waals surface area contributed by atoms with E-state index < -0.39 is 11.7 Å². The highest BCUT2D eigenvalue weighted by Gasteiger charge is 2.08. The second kappa shape index (κ2) is 18.6. The molecular weight excluding hydrogens is 324 g/mol. The van der Waals surface area contributed by atoms with E-state index in [0.29, 0.717) is 6.42 Å². The predicted molar refractivity (Wildman–Crippen MR) is 103 cm³/mol. The van der Waals surface area contributed by atoms with E-state index in [4.69, 9.17) is 16.7 Å². The molecule has 0 radical (unpaired) electrons. The minimum atomic E-state index is -1.29. The van der Waals surface area contributed by atoms with Crippen molar-refractivity contribution >= 4 is 17.8 Å². The highest BCUT2D eigenvalue weighted by atomic mass is 35.5. The average Bonchev–Trinajstić information content (AvgIpc) is 2.53. The predicted octanol–water partition coefficient (Wildman–Crippen LogP) is 7.67. The summed E-state index contributed by atoms with van der Waals surface area (Å²) in [7, 11) is 0. The van der Waals surface area contributed by atoms with Crippen molar-refractivity contribution in [3.63, 3.8) is 0 Å². The Hall–Kier alpha value is -0.700. The van der Waals surface area contributed by atoms with Crippen LogP contribution in [-0.4, -0.2) is 16.8 Å². The molecule has 0 aliphatic heterocycles. The Labute approximate surface area is 153 Å². The monoisotopic (exact) mass is 360 g/mol. The largest absolute Gasteiger partial charge is 0.507 e. The van der Waals surface area contributed by atoms with E-state index in [9.17, 15) is 4.79 Å². The van der Waals surface area contributed by atoms with Gasteiger partial charge in [0.25, 0.3) is 0 Å². The molecule has 0 aromatic rings. The number of hydrogen-bond acceptors (Lipinski definition) is 2. The fourth-order valence-electron chi connectivity index (χ4n) is 2.72. The standard InChI is InChI=1S/C20H37ClO3/c1-2-3-4-5-6-7-8-9-10-11-12-13-14-15-16-17-18-19(21)24-20(22)23/h9-10,19H,2-8,11-18H2,1H3,(H,22,23)/b10-9+. The highest BCUT2D eigenvalue weighted by Crippen LogP contribution is 2.14. The molecule has 0 aromatic heterocycles. The molecule has 1 unspecified atom stereocenters. The molecule has 1 atom stereocenters. The van der Waals surface area contributed by atoms with Crippen molar-refractivity contribution in [1.29, 1.82) is 0 Å². The Morgan fingerprint density at radius 1 is 0.875 bits per heavy atom. The molecule has 24 heavy (non-hydrogen) atoms. The van der Waals surface area contributed by atoms with E-state index in [0.717, 1.165) is 12.8 Å². The lowest BCUT2D eigenvalue weighted by Crippen LogP contribution is -2.09. The molecule has 4 heteroatoms. The molecule has 0 amide bonds. The number of rotatable bonds is 17. The van der Waals surface area contributed by atoms with Crippen molar-refractivity contribution in [1.82, 2.24) is 0 Å². The number of ether oxygens (including phenoxy) is 1. The van der Waals surface area contributed by atoms with Gasteiger partial charge in [-0.15, -0.1) is 0 Å². The third kappa shape index (κ3) is 19.3. The van der Waals surface area contributed by atoms with Gasteiger partial charge < -0.3 is 9.84 Å². The van der Waals surface area contributed by atoms with Gasteiger partial charge in [0.2, 0.25) is 0 Å². The summed E-state index contributed by atoms with van der Waals surface area (Å²) in [6.07, 6.45) is 21.7. The molecule has 0 aromatic carbocycles. The van der Waals surface area contributed by atoms with Crippen molar-refractivity contribution < 1.29 is 14.6 Å². The van der Waals surface area contributed by atoms with Crippen LogP contribution in [0.2, 0.25) is 0 Å². The Morgan fingerprint density at radius 2 is 1.33 bits per heavy atom. The van der Waals surface area contributed by atoms with Gasteiger partial charge >= 0.3 is 6.16 Å². The zero-order chi connectivity index (χ0) is 17.9. The van der Waals surface area contributed by atoms with Gasteiger partial charge in [0.05, 0.1) is 0 Å². The SMILES string of the molecule is CCCCCCCC/C=C/CCCCCCCCC(Cl)OC(=O)O. The fourth-order valence-corrected chi connectivity index (χ4v) is 2.95. The maximum Gasteiger partial charge on any atom is 0.507 e. The quantitative estimate of drug-likeness (QED) is 0.125. The van der Waals surface area contributed by atoms with Crippen LogP contribution in [0.1, 0.15) is 103 Å². The van der Waals surface area contributed by atoms with Gasteiger partial charge in [0, 0.05) is 0 Å². The molecular formula is C20H37ClO3. The van der Waals surface area contributed by atoms with Crippen molar-refractivity contribution in [2.45, 2.75) is 109 Å². The smallest absolute Gasteiger partial charge is 0.450 e. The summed E-state index contributed by atoms with van der Waals surface area (Å²) < 4.78 is 4.45. The van der Waals surface area contributed by atoms with Crippen molar-refractivity contribution in [2.24, 2.45) is 0 Å². The zero-order valence-corrected chi connectivity index (χ0v) is 16.2. The summed E-state index contributed by atoms with van der Waals surface area (Å²) in [5, 5.41) is 8.41. The summed E-state index contributed by atoms with van der Waals surface area (Å²) in [6, 6.07) is 0. The highest BCUT2D eigenvalue weighted by molar-refractivity contribution is 6.20. The summed E-state index contributed by atoms with van der Waals surface area (Å²) >= 11 is 5.73. The van der Waals surface area contributed by atoms with E-state index in [1.54, 1.807) is 0 Å². The first-order valence-electron chi connectivity index (χ1n) is 9.85. The molecule has 0 aliphatic rings. The number of unbranched alkanes of at least 4 members (excludes halogenated alkanes) is 12. The normalized spacial score (nSPS) is 12.6. The lowest BCUT2D eigenvalue weighted by Gasteiger charge is -2.07. The first kappa shape index (κ1) is 23.3. The van der Waals surface area contributed by atoms with Crippen LogP contribution >= 0.6 is 11.6 Å². The molecule has 0 heterocycles. The molecule has 0 spiro atoms. The van der Waals surface area contributed by atoms with E-state index in [1.807, 2.05) is 0 Å². The molecule has 0 bridgehead atoms. The number of allylic oxidation sites excluding steroid dienone is 2. The molecule has 0 saturated carbocycles. The van der Waals surface area contributed by atoms with Crippen LogP contribution in [0, 0.1) is 0 Å². The Bertz CT molecular complexity index is 305. The van der Waals surface area contributed by atoms with Gasteiger partial charge in [-0.05, 0) is 38.5 Å². The van der Waals surface area contributed by atoms with Crippen molar-refractivity contribution in [3.8, 4) is 0 Å². The Morgan fingerprint density at radius 3 is 1.83 bits per heavy atom. The average molecular weight is 361 g/mol. The summed E-state index contributed by atoms with van der Waals surface area (Å²) in [5.41, 5.74) is -0.695. The minimum absolute atomic E-state index is 0.606. The van der Waals surface area contributed by atoms with Crippen LogP contribution < -0.4 is 0 Å². The number of carbonyl (C=O) groups is 1. The van der Waals surface area contributed by atoms with Gasteiger partial charge in [-0.1, -0.05) is 88.5 Å².